The van der Waals surface area contributed by atoms with Crippen molar-refractivity contribution in [3.63, 3.8) is 0 Å². The Morgan fingerprint density at radius 3 is 2.28 bits per heavy atom. The molecule has 1 fully saturated rings. The van der Waals surface area contributed by atoms with Crippen molar-refractivity contribution in [3.8, 4) is 0 Å². The zero-order valence-corrected chi connectivity index (χ0v) is 12.3. The molecule has 1 saturated heterocycles. The van der Waals surface area contributed by atoms with Crippen LogP contribution in [0.1, 0.15) is 32.0 Å². The van der Waals surface area contributed by atoms with Crippen LogP contribution in [-0.2, 0) is 13.0 Å². The molecule has 2 heterocycles. The van der Waals surface area contributed by atoms with Crippen molar-refractivity contribution in [2.45, 2.75) is 33.7 Å². The summed E-state index contributed by atoms with van der Waals surface area (Å²) in [5, 5.41) is 0. The lowest BCUT2D eigenvalue weighted by Crippen LogP contribution is -2.43. The standard InChI is InChI=1S/C13H21N3.C2H6/c1-3-13-5-4-12(10-14-13)11-16-8-6-15(2)7-9-16;1-2/h4-5,10H,3,6-9,11H2,1-2H3;1-2H3. The largest absolute Gasteiger partial charge is 0.304 e. The summed E-state index contributed by atoms with van der Waals surface area (Å²) in [5.74, 6) is 0. The Bertz CT molecular complexity index is 313. The van der Waals surface area contributed by atoms with E-state index in [2.05, 4.69) is 40.9 Å². The van der Waals surface area contributed by atoms with Crippen molar-refractivity contribution in [1.29, 1.82) is 0 Å². The lowest BCUT2D eigenvalue weighted by atomic mass is 10.2. The predicted octanol–water partition coefficient (Wildman–Crippen LogP) is 2.42. The van der Waals surface area contributed by atoms with Crippen LogP contribution in [0.15, 0.2) is 18.3 Å². The third-order valence-electron chi connectivity index (χ3n) is 3.25. The first-order valence-electron chi connectivity index (χ1n) is 7.12. The van der Waals surface area contributed by atoms with Gasteiger partial charge < -0.3 is 4.90 Å². The van der Waals surface area contributed by atoms with Crippen LogP contribution in [0.3, 0.4) is 0 Å². The molecule has 0 aliphatic carbocycles. The number of hydrogen-bond acceptors (Lipinski definition) is 3. The van der Waals surface area contributed by atoms with Gasteiger partial charge in [-0.25, -0.2) is 0 Å². The maximum Gasteiger partial charge on any atom is 0.0401 e. The summed E-state index contributed by atoms with van der Waals surface area (Å²) in [4.78, 5) is 9.33. The second kappa shape index (κ2) is 8.22. The highest BCUT2D eigenvalue weighted by atomic mass is 15.2. The molecule has 0 unspecified atom stereocenters. The smallest absolute Gasteiger partial charge is 0.0401 e. The SMILES string of the molecule is CC.CCc1ccc(CN2CCN(C)CC2)cn1. The minimum atomic E-state index is 1.02. The second-order valence-corrected chi connectivity index (χ2v) is 4.59. The van der Waals surface area contributed by atoms with Crippen molar-refractivity contribution in [2.75, 3.05) is 33.2 Å². The average molecular weight is 249 g/mol. The van der Waals surface area contributed by atoms with Gasteiger partial charge in [0.05, 0.1) is 0 Å². The topological polar surface area (TPSA) is 19.4 Å². The number of nitrogens with zero attached hydrogens (tertiary/aromatic N) is 3. The zero-order valence-electron chi connectivity index (χ0n) is 12.3. The minimum absolute atomic E-state index is 1.02. The van der Waals surface area contributed by atoms with Crippen LogP contribution in [0.25, 0.3) is 0 Å². The van der Waals surface area contributed by atoms with E-state index in [4.69, 9.17) is 0 Å². The van der Waals surface area contributed by atoms with Crippen molar-refractivity contribution in [3.05, 3.63) is 29.6 Å². The fourth-order valence-electron chi connectivity index (χ4n) is 2.02. The quantitative estimate of drug-likeness (QED) is 0.820. The highest BCUT2D eigenvalue weighted by molar-refractivity contribution is 5.14. The Morgan fingerprint density at radius 1 is 1.11 bits per heavy atom. The summed E-state index contributed by atoms with van der Waals surface area (Å²) in [5.41, 5.74) is 2.52. The van der Waals surface area contributed by atoms with E-state index in [0.29, 0.717) is 0 Å². The van der Waals surface area contributed by atoms with Gasteiger partial charge in [-0.15, -0.1) is 0 Å². The first kappa shape index (κ1) is 15.1. The molecule has 0 bridgehead atoms. The third kappa shape index (κ3) is 4.75. The van der Waals surface area contributed by atoms with Gasteiger partial charge in [-0.1, -0.05) is 26.8 Å². The lowest BCUT2D eigenvalue weighted by Gasteiger charge is -2.32. The van der Waals surface area contributed by atoms with Crippen molar-refractivity contribution in [1.82, 2.24) is 14.8 Å². The van der Waals surface area contributed by atoms with E-state index in [1.807, 2.05) is 20.0 Å². The molecule has 0 spiro atoms. The number of rotatable bonds is 3. The second-order valence-electron chi connectivity index (χ2n) is 4.59. The van der Waals surface area contributed by atoms with Crippen LogP contribution in [-0.4, -0.2) is 48.0 Å². The van der Waals surface area contributed by atoms with E-state index < -0.39 is 0 Å². The van der Waals surface area contributed by atoms with E-state index >= 15 is 0 Å². The van der Waals surface area contributed by atoms with Crippen LogP contribution < -0.4 is 0 Å². The molecular weight excluding hydrogens is 222 g/mol. The summed E-state index contributed by atoms with van der Waals surface area (Å²) in [6, 6.07) is 4.36. The van der Waals surface area contributed by atoms with Gasteiger partial charge in [0.2, 0.25) is 0 Å². The molecule has 0 aromatic carbocycles. The van der Waals surface area contributed by atoms with Crippen LogP contribution in [0.4, 0.5) is 0 Å². The molecule has 0 radical (unpaired) electrons. The molecule has 2 rings (SSSR count). The van der Waals surface area contributed by atoms with Gasteiger partial charge in [0.25, 0.3) is 0 Å². The Balaban J connectivity index is 0.000000771. The van der Waals surface area contributed by atoms with Crippen molar-refractivity contribution >= 4 is 0 Å². The van der Waals surface area contributed by atoms with Crippen LogP contribution in [0, 0.1) is 0 Å². The fourth-order valence-corrected chi connectivity index (χ4v) is 2.02. The van der Waals surface area contributed by atoms with Crippen LogP contribution in [0.5, 0.6) is 0 Å². The number of aryl methyl sites for hydroxylation is 1. The number of hydrogen-bond donors (Lipinski definition) is 0. The number of likely N-dealkylation sites (N-methyl/N-ethyl adjacent to an activating group) is 1. The molecule has 0 saturated carbocycles. The molecule has 1 aliphatic heterocycles. The van der Waals surface area contributed by atoms with Gasteiger partial charge in [0.15, 0.2) is 0 Å². The summed E-state index contributed by atoms with van der Waals surface area (Å²) in [6.07, 6.45) is 3.05. The molecule has 1 aromatic rings. The maximum absolute atomic E-state index is 4.44. The van der Waals surface area contributed by atoms with Crippen LogP contribution >= 0.6 is 0 Å². The van der Waals surface area contributed by atoms with Gasteiger partial charge in [-0.05, 0) is 25.1 Å². The van der Waals surface area contributed by atoms with E-state index in [0.717, 1.165) is 13.0 Å². The number of aromatic nitrogens is 1. The first-order valence-corrected chi connectivity index (χ1v) is 7.12. The Hall–Kier alpha value is -0.930. The zero-order chi connectivity index (χ0) is 13.4. The average Bonchev–Trinajstić information content (AvgIpc) is 2.44. The Labute approximate surface area is 112 Å². The van der Waals surface area contributed by atoms with Gasteiger partial charge in [0, 0.05) is 44.6 Å². The molecule has 1 aliphatic rings. The Morgan fingerprint density at radius 2 is 1.78 bits per heavy atom. The molecule has 1 aromatic heterocycles. The molecule has 0 N–H and O–H groups in total. The van der Waals surface area contributed by atoms with Gasteiger partial charge >= 0.3 is 0 Å². The molecule has 18 heavy (non-hydrogen) atoms. The summed E-state index contributed by atoms with van der Waals surface area (Å²) in [6.45, 7) is 11.9. The summed E-state index contributed by atoms with van der Waals surface area (Å²) in [7, 11) is 2.19. The van der Waals surface area contributed by atoms with Gasteiger partial charge in [0.1, 0.15) is 0 Å². The van der Waals surface area contributed by atoms with Crippen LogP contribution in [0.2, 0.25) is 0 Å². The third-order valence-corrected chi connectivity index (χ3v) is 3.25. The Kier molecular flexibility index (Phi) is 6.91. The van der Waals surface area contributed by atoms with Gasteiger partial charge in [-0.3, -0.25) is 9.88 Å². The molecular formula is C15H27N3. The van der Waals surface area contributed by atoms with Gasteiger partial charge in [-0.2, -0.15) is 0 Å². The minimum Gasteiger partial charge on any atom is -0.304 e. The predicted molar refractivity (Wildman–Crippen MR) is 77.7 cm³/mol. The summed E-state index contributed by atoms with van der Waals surface area (Å²) >= 11 is 0. The van der Waals surface area contributed by atoms with Crippen molar-refractivity contribution < 1.29 is 0 Å². The fraction of sp³-hybridized carbons (Fsp3) is 0.667. The maximum atomic E-state index is 4.44. The monoisotopic (exact) mass is 249 g/mol. The van der Waals surface area contributed by atoms with E-state index in [9.17, 15) is 0 Å². The molecule has 102 valence electrons. The van der Waals surface area contributed by atoms with Crippen molar-refractivity contribution in [2.24, 2.45) is 0 Å². The first-order chi connectivity index (χ1) is 8.78. The van der Waals surface area contributed by atoms with E-state index in [1.54, 1.807) is 0 Å². The molecule has 0 amide bonds. The van der Waals surface area contributed by atoms with E-state index in [-0.39, 0.29) is 0 Å². The number of pyridine rings is 1. The lowest BCUT2D eigenvalue weighted by molar-refractivity contribution is 0.148. The summed E-state index contributed by atoms with van der Waals surface area (Å²) < 4.78 is 0. The molecule has 0 atom stereocenters. The highest BCUT2D eigenvalue weighted by Gasteiger charge is 2.13. The highest BCUT2D eigenvalue weighted by Crippen LogP contribution is 2.07. The normalized spacial score (nSPS) is 17.1. The number of piperazine rings is 1. The van der Waals surface area contributed by atoms with E-state index in [1.165, 1.54) is 37.4 Å². The molecule has 3 nitrogen and oxygen atoms in total. The molecule has 3 heteroatoms.